The molecule has 0 saturated carbocycles. The fourth-order valence-corrected chi connectivity index (χ4v) is 3.11. The Hall–Kier alpha value is -2.20. The number of nitrogens with zero attached hydrogens (tertiary/aromatic N) is 1. The zero-order valence-corrected chi connectivity index (χ0v) is 13.7. The van der Waals surface area contributed by atoms with Crippen LogP contribution in [0.25, 0.3) is 0 Å². The van der Waals surface area contributed by atoms with Crippen molar-refractivity contribution in [2.45, 2.75) is 18.9 Å². The Bertz CT molecular complexity index is 688. The Morgan fingerprint density at radius 2 is 1.96 bits per heavy atom. The molecule has 0 radical (unpaired) electrons. The van der Waals surface area contributed by atoms with E-state index < -0.39 is 0 Å². The van der Waals surface area contributed by atoms with Crippen molar-refractivity contribution in [3.8, 4) is 5.75 Å². The Kier molecular flexibility index (Phi) is 4.72. The number of ether oxygens (including phenoxy) is 1. The third-order valence-electron chi connectivity index (χ3n) is 4.13. The largest absolute Gasteiger partial charge is 0.497 e. The molecule has 1 fully saturated rings. The van der Waals surface area contributed by atoms with Crippen LogP contribution in [-0.2, 0) is 0 Å². The fraction of sp³-hybridized carbons (Fsp3) is 0.278. The van der Waals surface area contributed by atoms with E-state index in [0.29, 0.717) is 10.7 Å². The number of carbonyl (C=O) groups excluding carboxylic acids is 1. The van der Waals surface area contributed by atoms with Crippen molar-refractivity contribution in [3.05, 3.63) is 59.1 Å². The second kappa shape index (κ2) is 6.92. The maximum Gasteiger partial charge on any atom is 0.322 e. The molecule has 2 amide bonds. The number of para-hydroxylation sites is 1. The zero-order valence-electron chi connectivity index (χ0n) is 13.0. The van der Waals surface area contributed by atoms with E-state index >= 15 is 0 Å². The molecule has 0 spiro atoms. The van der Waals surface area contributed by atoms with E-state index in [2.05, 4.69) is 5.32 Å². The molecule has 2 aromatic rings. The Labute approximate surface area is 141 Å². The van der Waals surface area contributed by atoms with E-state index in [0.717, 1.165) is 30.7 Å². The van der Waals surface area contributed by atoms with Crippen molar-refractivity contribution in [2.75, 3.05) is 19.0 Å². The number of methoxy groups -OCH3 is 1. The average molecular weight is 331 g/mol. The molecule has 1 heterocycles. The molecule has 1 aliphatic rings. The van der Waals surface area contributed by atoms with Crippen LogP contribution in [0.5, 0.6) is 5.75 Å². The van der Waals surface area contributed by atoms with Crippen LogP contribution in [0.4, 0.5) is 10.5 Å². The highest BCUT2D eigenvalue weighted by molar-refractivity contribution is 6.33. The SMILES string of the molecule is COc1ccc([C@@H]2CCCN2C(=O)Nc2ccccc2Cl)cc1. The van der Waals surface area contributed by atoms with Gasteiger partial charge in [0, 0.05) is 6.54 Å². The van der Waals surface area contributed by atoms with Crippen LogP contribution in [0.2, 0.25) is 5.02 Å². The summed E-state index contributed by atoms with van der Waals surface area (Å²) in [6, 6.07) is 15.1. The van der Waals surface area contributed by atoms with Crippen LogP contribution in [0.15, 0.2) is 48.5 Å². The molecule has 120 valence electrons. The van der Waals surface area contributed by atoms with Crippen LogP contribution in [0.1, 0.15) is 24.4 Å². The van der Waals surface area contributed by atoms with Crippen molar-refractivity contribution in [1.82, 2.24) is 4.90 Å². The summed E-state index contributed by atoms with van der Waals surface area (Å²) in [6.07, 6.45) is 1.95. The van der Waals surface area contributed by atoms with Gasteiger partial charge in [0.25, 0.3) is 0 Å². The third kappa shape index (κ3) is 3.42. The summed E-state index contributed by atoms with van der Waals surface area (Å²) in [5.74, 6) is 0.818. The van der Waals surface area contributed by atoms with Gasteiger partial charge in [-0.1, -0.05) is 35.9 Å². The minimum absolute atomic E-state index is 0.0865. The number of urea groups is 1. The van der Waals surface area contributed by atoms with Crippen molar-refractivity contribution in [3.63, 3.8) is 0 Å². The second-order valence-corrected chi connectivity index (χ2v) is 5.94. The summed E-state index contributed by atoms with van der Waals surface area (Å²) in [6.45, 7) is 0.743. The first kappa shape index (κ1) is 15.7. The lowest BCUT2D eigenvalue weighted by atomic mass is 10.0. The van der Waals surface area contributed by atoms with E-state index in [9.17, 15) is 4.79 Å². The molecule has 3 rings (SSSR count). The lowest BCUT2D eigenvalue weighted by molar-refractivity contribution is 0.207. The molecule has 4 nitrogen and oxygen atoms in total. The number of nitrogens with one attached hydrogen (secondary N) is 1. The standard InChI is InChI=1S/C18H19ClN2O2/c1-23-14-10-8-13(9-11-14)17-7-4-12-21(17)18(22)20-16-6-3-2-5-15(16)19/h2-3,5-6,8-11,17H,4,7,12H2,1H3,(H,20,22)/t17-/m0/s1. The summed E-state index contributed by atoms with van der Waals surface area (Å²) >= 11 is 6.11. The first-order valence-electron chi connectivity index (χ1n) is 7.65. The van der Waals surface area contributed by atoms with Crippen molar-refractivity contribution >= 4 is 23.3 Å². The van der Waals surface area contributed by atoms with Crippen molar-refractivity contribution in [2.24, 2.45) is 0 Å². The summed E-state index contributed by atoms with van der Waals surface area (Å²) < 4.78 is 5.19. The number of halogens is 1. The number of amides is 2. The van der Waals surface area contributed by atoms with Gasteiger partial charge < -0.3 is 15.0 Å². The molecule has 1 N–H and O–H groups in total. The molecule has 0 aromatic heterocycles. The quantitative estimate of drug-likeness (QED) is 0.884. The number of hydrogen-bond donors (Lipinski definition) is 1. The third-order valence-corrected chi connectivity index (χ3v) is 4.46. The molecule has 2 aromatic carbocycles. The minimum atomic E-state index is -0.114. The molecule has 1 atom stereocenters. The number of hydrogen-bond acceptors (Lipinski definition) is 2. The number of benzene rings is 2. The van der Waals surface area contributed by atoms with Crippen molar-refractivity contribution in [1.29, 1.82) is 0 Å². The molecule has 1 aliphatic heterocycles. The van der Waals surface area contributed by atoms with Crippen LogP contribution < -0.4 is 10.1 Å². The van der Waals surface area contributed by atoms with E-state index in [1.807, 2.05) is 41.3 Å². The van der Waals surface area contributed by atoms with Gasteiger partial charge in [-0.2, -0.15) is 0 Å². The van der Waals surface area contributed by atoms with Crippen LogP contribution in [0.3, 0.4) is 0 Å². The Morgan fingerprint density at radius 1 is 1.22 bits per heavy atom. The summed E-state index contributed by atoms with van der Waals surface area (Å²) in [5, 5.41) is 3.45. The molecule has 1 saturated heterocycles. The summed E-state index contributed by atoms with van der Waals surface area (Å²) in [7, 11) is 1.65. The fourth-order valence-electron chi connectivity index (χ4n) is 2.93. The molecule has 23 heavy (non-hydrogen) atoms. The molecular formula is C18H19ClN2O2. The predicted molar refractivity (Wildman–Crippen MR) is 92.1 cm³/mol. The number of rotatable bonds is 3. The number of likely N-dealkylation sites (tertiary alicyclic amines) is 1. The first-order valence-corrected chi connectivity index (χ1v) is 8.03. The van der Waals surface area contributed by atoms with Gasteiger partial charge in [0.05, 0.1) is 23.9 Å². The summed E-state index contributed by atoms with van der Waals surface area (Å²) in [5.41, 5.74) is 1.76. The second-order valence-electron chi connectivity index (χ2n) is 5.53. The highest BCUT2D eigenvalue weighted by Crippen LogP contribution is 2.33. The van der Waals surface area contributed by atoms with Crippen LogP contribution in [-0.4, -0.2) is 24.6 Å². The molecule has 0 unspecified atom stereocenters. The van der Waals surface area contributed by atoms with Gasteiger partial charge in [-0.15, -0.1) is 0 Å². The van der Waals surface area contributed by atoms with Crippen LogP contribution in [0, 0.1) is 0 Å². The van der Waals surface area contributed by atoms with Gasteiger partial charge in [-0.05, 0) is 42.7 Å². The molecule has 0 bridgehead atoms. The minimum Gasteiger partial charge on any atom is -0.497 e. The smallest absolute Gasteiger partial charge is 0.322 e. The van der Waals surface area contributed by atoms with Gasteiger partial charge in [-0.25, -0.2) is 4.79 Å². The van der Waals surface area contributed by atoms with Crippen molar-refractivity contribution < 1.29 is 9.53 Å². The lowest BCUT2D eigenvalue weighted by Gasteiger charge is -2.25. The maximum absolute atomic E-state index is 12.6. The molecule has 0 aliphatic carbocycles. The van der Waals surface area contributed by atoms with E-state index in [1.165, 1.54) is 0 Å². The highest BCUT2D eigenvalue weighted by atomic mass is 35.5. The highest BCUT2D eigenvalue weighted by Gasteiger charge is 2.30. The average Bonchev–Trinajstić information content (AvgIpc) is 3.07. The van der Waals surface area contributed by atoms with E-state index in [-0.39, 0.29) is 12.1 Å². The Balaban J connectivity index is 1.75. The summed E-state index contributed by atoms with van der Waals surface area (Å²) in [4.78, 5) is 14.5. The molecule has 5 heteroatoms. The Morgan fingerprint density at radius 3 is 2.65 bits per heavy atom. The van der Waals surface area contributed by atoms with Crippen LogP contribution >= 0.6 is 11.6 Å². The van der Waals surface area contributed by atoms with E-state index in [4.69, 9.17) is 16.3 Å². The topological polar surface area (TPSA) is 41.6 Å². The lowest BCUT2D eigenvalue weighted by Crippen LogP contribution is -2.34. The normalized spacial score (nSPS) is 17.1. The number of anilines is 1. The zero-order chi connectivity index (χ0) is 16.2. The van der Waals surface area contributed by atoms with Gasteiger partial charge in [0.1, 0.15) is 5.75 Å². The molecular weight excluding hydrogens is 312 g/mol. The van der Waals surface area contributed by atoms with E-state index in [1.54, 1.807) is 19.2 Å². The van der Waals surface area contributed by atoms with Gasteiger partial charge in [0.15, 0.2) is 0 Å². The number of carbonyl (C=O) groups is 1. The maximum atomic E-state index is 12.6. The van der Waals surface area contributed by atoms with Gasteiger partial charge >= 0.3 is 6.03 Å². The first-order chi connectivity index (χ1) is 11.2. The predicted octanol–water partition coefficient (Wildman–Crippen LogP) is 4.72. The van der Waals surface area contributed by atoms with Gasteiger partial charge in [-0.3, -0.25) is 0 Å². The van der Waals surface area contributed by atoms with Gasteiger partial charge in [0.2, 0.25) is 0 Å². The monoisotopic (exact) mass is 330 g/mol.